The van der Waals surface area contributed by atoms with Gasteiger partial charge in [0.25, 0.3) is 0 Å². The molecule has 1 N–H and O–H groups in total. The van der Waals surface area contributed by atoms with Crippen molar-refractivity contribution in [1.82, 2.24) is 0 Å². The molecule has 0 aliphatic heterocycles. The molecule has 0 fully saturated rings. The average molecular weight is 186 g/mol. The molecule has 0 unspecified atom stereocenters. The summed E-state index contributed by atoms with van der Waals surface area (Å²) in [5.74, 6) is -1.75. The zero-order chi connectivity index (χ0) is 10.3. The predicted octanol–water partition coefficient (Wildman–Crippen LogP) is 1.36. The normalized spacial score (nSPS) is 11.1. The molecule has 0 aromatic rings. The van der Waals surface area contributed by atoms with Gasteiger partial charge in [-0.1, -0.05) is 6.92 Å². The van der Waals surface area contributed by atoms with E-state index in [4.69, 9.17) is 5.11 Å². The molecule has 4 heteroatoms. The lowest BCUT2D eigenvalue weighted by Gasteiger charge is -1.99. The number of aliphatic hydroxyl groups is 1. The van der Waals surface area contributed by atoms with Crippen LogP contribution in [-0.4, -0.2) is 23.5 Å². The summed E-state index contributed by atoms with van der Waals surface area (Å²) in [6.07, 6.45) is 1.91. The van der Waals surface area contributed by atoms with Gasteiger partial charge in [0.1, 0.15) is 0 Å². The fraction of sp³-hybridized carbons (Fsp3) is 0.556. The van der Waals surface area contributed by atoms with Crippen LogP contribution >= 0.6 is 0 Å². The molecule has 0 aromatic carbocycles. The number of carbonyl (C=O) groups is 2. The first-order valence-corrected chi connectivity index (χ1v) is 4.22. The second kappa shape index (κ2) is 6.22. The second-order valence-corrected chi connectivity index (χ2v) is 2.47. The van der Waals surface area contributed by atoms with Gasteiger partial charge in [0, 0.05) is 12.5 Å². The van der Waals surface area contributed by atoms with Crippen molar-refractivity contribution in [2.45, 2.75) is 26.7 Å². The molecule has 0 radical (unpaired) electrons. The summed E-state index contributed by atoms with van der Waals surface area (Å²) >= 11 is 0. The molecular formula is C9H14O4. The SMILES string of the molecule is CCCC(=O)C=C(O)C(=O)OCC. The number of hydrogen-bond acceptors (Lipinski definition) is 4. The average Bonchev–Trinajstić information content (AvgIpc) is 2.05. The number of ether oxygens (including phenoxy) is 1. The highest BCUT2D eigenvalue weighted by molar-refractivity contribution is 5.97. The Morgan fingerprint density at radius 2 is 2.00 bits per heavy atom. The van der Waals surface area contributed by atoms with Crippen molar-refractivity contribution in [2.75, 3.05) is 6.61 Å². The highest BCUT2D eigenvalue weighted by Gasteiger charge is 2.09. The smallest absolute Gasteiger partial charge is 0.373 e. The predicted molar refractivity (Wildman–Crippen MR) is 47.3 cm³/mol. The van der Waals surface area contributed by atoms with E-state index < -0.39 is 11.7 Å². The lowest BCUT2D eigenvalue weighted by Crippen LogP contribution is -2.08. The van der Waals surface area contributed by atoms with E-state index in [9.17, 15) is 9.59 Å². The third-order valence-corrected chi connectivity index (χ3v) is 1.28. The number of rotatable bonds is 5. The van der Waals surface area contributed by atoms with Gasteiger partial charge in [-0.15, -0.1) is 0 Å². The Hall–Kier alpha value is -1.32. The minimum atomic E-state index is -0.855. The number of esters is 1. The van der Waals surface area contributed by atoms with Gasteiger partial charge in [0.05, 0.1) is 6.61 Å². The van der Waals surface area contributed by atoms with Crippen LogP contribution in [0.4, 0.5) is 0 Å². The largest absolute Gasteiger partial charge is 0.502 e. The molecule has 0 heterocycles. The maximum Gasteiger partial charge on any atom is 0.373 e. The van der Waals surface area contributed by atoms with Gasteiger partial charge < -0.3 is 9.84 Å². The summed E-state index contributed by atoms with van der Waals surface area (Å²) < 4.78 is 4.47. The van der Waals surface area contributed by atoms with E-state index in [1.165, 1.54) is 0 Å². The van der Waals surface area contributed by atoms with E-state index in [2.05, 4.69) is 4.74 Å². The van der Waals surface area contributed by atoms with E-state index in [-0.39, 0.29) is 12.4 Å². The maximum absolute atomic E-state index is 10.9. The molecular weight excluding hydrogens is 172 g/mol. The molecule has 0 spiro atoms. The van der Waals surface area contributed by atoms with Gasteiger partial charge in [0.15, 0.2) is 5.78 Å². The highest BCUT2D eigenvalue weighted by Crippen LogP contribution is 1.97. The van der Waals surface area contributed by atoms with Crippen molar-refractivity contribution < 1.29 is 19.4 Å². The molecule has 0 amide bonds. The van der Waals surface area contributed by atoms with Crippen molar-refractivity contribution in [1.29, 1.82) is 0 Å². The standard InChI is InChI=1S/C9H14O4/c1-3-5-7(10)6-8(11)9(12)13-4-2/h6,11H,3-5H2,1-2H3. The fourth-order valence-corrected chi connectivity index (χ4v) is 0.735. The Kier molecular flexibility index (Phi) is 5.59. The van der Waals surface area contributed by atoms with Crippen LogP contribution in [0.25, 0.3) is 0 Å². The summed E-state index contributed by atoms with van der Waals surface area (Å²) in [5, 5.41) is 9.01. The molecule has 0 atom stereocenters. The van der Waals surface area contributed by atoms with E-state index in [1.54, 1.807) is 6.92 Å². The van der Waals surface area contributed by atoms with Crippen LogP contribution in [0.5, 0.6) is 0 Å². The van der Waals surface area contributed by atoms with E-state index in [0.29, 0.717) is 12.8 Å². The first-order valence-electron chi connectivity index (χ1n) is 4.22. The Morgan fingerprint density at radius 3 is 2.46 bits per heavy atom. The van der Waals surface area contributed by atoms with Gasteiger partial charge in [-0.25, -0.2) is 4.79 Å². The van der Waals surface area contributed by atoms with Crippen LogP contribution in [0.1, 0.15) is 26.7 Å². The Balaban J connectivity index is 4.14. The maximum atomic E-state index is 10.9. The lowest BCUT2D eigenvalue weighted by atomic mass is 10.2. The molecule has 13 heavy (non-hydrogen) atoms. The number of hydrogen-bond donors (Lipinski definition) is 1. The summed E-state index contributed by atoms with van der Waals surface area (Å²) in [4.78, 5) is 21.7. The van der Waals surface area contributed by atoms with Crippen LogP contribution in [-0.2, 0) is 14.3 Å². The van der Waals surface area contributed by atoms with Crippen LogP contribution in [0.15, 0.2) is 11.8 Å². The summed E-state index contributed by atoms with van der Waals surface area (Å²) in [7, 11) is 0. The third-order valence-electron chi connectivity index (χ3n) is 1.28. The number of aliphatic hydroxyl groups excluding tert-OH is 1. The second-order valence-electron chi connectivity index (χ2n) is 2.47. The van der Waals surface area contributed by atoms with E-state index >= 15 is 0 Å². The molecule has 0 aromatic heterocycles. The Morgan fingerprint density at radius 1 is 1.38 bits per heavy atom. The van der Waals surface area contributed by atoms with Crippen molar-refractivity contribution >= 4 is 11.8 Å². The van der Waals surface area contributed by atoms with Crippen molar-refractivity contribution in [3.63, 3.8) is 0 Å². The fourth-order valence-electron chi connectivity index (χ4n) is 0.735. The Labute approximate surface area is 77.2 Å². The Bertz CT molecular complexity index is 218. The summed E-state index contributed by atoms with van der Waals surface area (Å²) in [6, 6.07) is 0. The van der Waals surface area contributed by atoms with Crippen molar-refractivity contribution in [3.8, 4) is 0 Å². The molecule has 0 saturated carbocycles. The third kappa shape index (κ3) is 5.00. The van der Waals surface area contributed by atoms with E-state index in [1.807, 2.05) is 6.92 Å². The number of ketones is 1. The number of allylic oxidation sites excluding steroid dienone is 1. The monoisotopic (exact) mass is 186 g/mol. The van der Waals surface area contributed by atoms with Crippen LogP contribution in [0, 0.1) is 0 Å². The molecule has 0 aliphatic carbocycles. The topological polar surface area (TPSA) is 63.6 Å². The zero-order valence-corrected chi connectivity index (χ0v) is 7.87. The van der Waals surface area contributed by atoms with Crippen LogP contribution in [0.3, 0.4) is 0 Å². The summed E-state index contributed by atoms with van der Waals surface area (Å²) in [6.45, 7) is 3.64. The van der Waals surface area contributed by atoms with Crippen molar-refractivity contribution in [3.05, 3.63) is 11.8 Å². The first-order chi connectivity index (χ1) is 6.11. The van der Waals surface area contributed by atoms with Crippen LogP contribution in [0.2, 0.25) is 0 Å². The molecule has 0 bridgehead atoms. The zero-order valence-electron chi connectivity index (χ0n) is 7.87. The minimum Gasteiger partial charge on any atom is -0.502 e. The molecule has 0 saturated heterocycles. The van der Waals surface area contributed by atoms with Gasteiger partial charge in [0.2, 0.25) is 5.76 Å². The quantitative estimate of drug-likeness (QED) is 0.400. The van der Waals surface area contributed by atoms with Gasteiger partial charge >= 0.3 is 5.97 Å². The molecule has 0 aliphatic rings. The lowest BCUT2D eigenvalue weighted by molar-refractivity contribution is -0.141. The highest BCUT2D eigenvalue weighted by atomic mass is 16.5. The van der Waals surface area contributed by atoms with Gasteiger partial charge in [-0.05, 0) is 13.3 Å². The minimum absolute atomic E-state index is 0.179. The van der Waals surface area contributed by atoms with Gasteiger partial charge in [-0.3, -0.25) is 4.79 Å². The van der Waals surface area contributed by atoms with Gasteiger partial charge in [-0.2, -0.15) is 0 Å². The molecule has 0 rings (SSSR count). The molecule has 74 valence electrons. The first kappa shape index (κ1) is 11.7. The van der Waals surface area contributed by atoms with E-state index in [0.717, 1.165) is 6.08 Å². The number of carbonyl (C=O) groups excluding carboxylic acids is 2. The molecule has 4 nitrogen and oxygen atoms in total. The van der Waals surface area contributed by atoms with Crippen molar-refractivity contribution in [2.24, 2.45) is 0 Å². The summed E-state index contributed by atoms with van der Waals surface area (Å²) in [5.41, 5.74) is 0. The van der Waals surface area contributed by atoms with Crippen LogP contribution < -0.4 is 0 Å².